The molecule has 2 nitrogen and oxygen atoms in total. The fourth-order valence-electron chi connectivity index (χ4n) is 1.25. The molecule has 1 heterocycles. The van der Waals surface area contributed by atoms with Gasteiger partial charge in [-0.1, -0.05) is 48.0 Å². The summed E-state index contributed by atoms with van der Waals surface area (Å²) in [5.74, 6) is 3.21. The monoisotopic (exact) mass is 214 g/mol. The van der Waals surface area contributed by atoms with Crippen molar-refractivity contribution in [3.63, 3.8) is 0 Å². The van der Waals surface area contributed by atoms with Gasteiger partial charge in [0.15, 0.2) is 5.16 Å². The second kappa shape index (κ2) is 4.72. The Labute approximate surface area is 93.1 Å². The Kier molecular flexibility index (Phi) is 3.11. The molecule has 0 radical (unpaired) electrons. The van der Waals surface area contributed by atoms with Gasteiger partial charge in [0.1, 0.15) is 0 Å². The van der Waals surface area contributed by atoms with Crippen LogP contribution in [0.15, 0.2) is 41.7 Å². The molecule has 0 spiro atoms. The quantitative estimate of drug-likeness (QED) is 0.628. The largest absolute Gasteiger partial charge is 0.333 e. The number of terminal acetylenes is 1. The smallest absolute Gasteiger partial charge is 0.166 e. The molecule has 15 heavy (non-hydrogen) atoms. The number of aromatic nitrogens is 2. The lowest BCUT2D eigenvalue weighted by Gasteiger charge is -1.95. The van der Waals surface area contributed by atoms with E-state index in [4.69, 9.17) is 6.42 Å². The second-order valence-corrected chi connectivity index (χ2v) is 3.92. The summed E-state index contributed by atoms with van der Waals surface area (Å²) in [7, 11) is 0. The number of nitrogens with zero attached hydrogens (tertiary/aromatic N) is 1. The highest BCUT2D eigenvalue weighted by Crippen LogP contribution is 2.20. The number of aromatic amines is 1. The third kappa shape index (κ3) is 2.42. The van der Waals surface area contributed by atoms with E-state index in [1.807, 2.05) is 36.5 Å². The first-order chi connectivity index (χ1) is 7.40. The van der Waals surface area contributed by atoms with Gasteiger partial charge in [0, 0.05) is 0 Å². The summed E-state index contributed by atoms with van der Waals surface area (Å²) in [6.45, 7) is 0. The van der Waals surface area contributed by atoms with E-state index in [-0.39, 0.29) is 0 Å². The minimum Gasteiger partial charge on any atom is -0.333 e. The third-order valence-corrected chi connectivity index (χ3v) is 2.72. The Hall–Kier alpha value is -1.66. The van der Waals surface area contributed by atoms with Gasteiger partial charge >= 0.3 is 0 Å². The predicted molar refractivity (Wildman–Crippen MR) is 63.6 cm³/mol. The minimum absolute atomic E-state index is 0.641. The highest BCUT2D eigenvalue weighted by Gasteiger charge is 2.01. The number of hydrogen-bond acceptors (Lipinski definition) is 2. The summed E-state index contributed by atoms with van der Waals surface area (Å²) in [5.41, 5.74) is 2.16. The molecule has 0 saturated heterocycles. The molecule has 0 atom stereocenters. The van der Waals surface area contributed by atoms with Gasteiger partial charge in [-0.05, 0) is 5.56 Å². The Bertz CT molecular complexity index is 468. The standard InChI is InChI=1S/C12H10N2S/c1-2-8-15-12-13-9-11(14-12)10-6-4-3-5-7-10/h1,3-7,9H,8H2,(H,13,14). The molecule has 1 N–H and O–H groups in total. The number of nitrogens with one attached hydrogen (secondary N) is 1. The van der Waals surface area contributed by atoms with Crippen molar-refractivity contribution in [1.29, 1.82) is 0 Å². The number of rotatable bonds is 3. The van der Waals surface area contributed by atoms with Crippen LogP contribution < -0.4 is 0 Å². The first-order valence-corrected chi connectivity index (χ1v) is 5.55. The Morgan fingerprint density at radius 2 is 2.13 bits per heavy atom. The van der Waals surface area contributed by atoms with E-state index in [0.29, 0.717) is 5.75 Å². The molecule has 0 aliphatic heterocycles. The molecule has 0 amide bonds. The zero-order valence-electron chi connectivity index (χ0n) is 8.10. The first kappa shape index (κ1) is 9.88. The van der Waals surface area contributed by atoms with Crippen LogP contribution in [0.3, 0.4) is 0 Å². The van der Waals surface area contributed by atoms with E-state index >= 15 is 0 Å². The van der Waals surface area contributed by atoms with Crippen molar-refractivity contribution in [3.8, 4) is 23.6 Å². The van der Waals surface area contributed by atoms with Crippen LogP contribution in [0, 0.1) is 12.3 Å². The van der Waals surface area contributed by atoms with Crippen molar-refractivity contribution in [1.82, 2.24) is 9.97 Å². The van der Waals surface area contributed by atoms with E-state index in [1.54, 1.807) is 0 Å². The molecular formula is C12H10N2S. The summed E-state index contributed by atoms with van der Waals surface area (Å²) >= 11 is 1.53. The molecule has 0 aliphatic carbocycles. The van der Waals surface area contributed by atoms with Crippen molar-refractivity contribution in [2.45, 2.75) is 5.16 Å². The summed E-state index contributed by atoms with van der Waals surface area (Å²) in [6.07, 6.45) is 7.01. The van der Waals surface area contributed by atoms with Crippen molar-refractivity contribution in [3.05, 3.63) is 36.5 Å². The zero-order chi connectivity index (χ0) is 10.5. The molecule has 74 valence electrons. The van der Waals surface area contributed by atoms with E-state index in [9.17, 15) is 0 Å². The van der Waals surface area contributed by atoms with Crippen LogP contribution in [0.5, 0.6) is 0 Å². The molecule has 2 rings (SSSR count). The van der Waals surface area contributed by atoms with Crippen LogP contribution in [0.1, 0.15) is 0 Å². The van der Waals surface area contributed by atoms with Crippen LogP contribution in [-0.4, -0.2) is 15.7 Å². The number of imidazole rings is 1. The van der Waals surface area contributed by atoms with Crippen LogP contribution >= 0.6 is 11.8 Å². The molecule has 0 bridgehead atoms. The van der Waals surface area contributed by atoms with Crippen molar-refractivity contribution < 1.29 is 0 Å². The topological polar surface area (TPSA) is 28.7 Å². The minimum atomic E-state index is 0.641. The molecular weight excluding hydrogens is 204 g/mol. The molecule has 0 aliphatic rings. The molecule has 1 aromatic carbocycles. The van der Waals surface area contributed by atoms with Gasteiger partial charge < -0.3 is 4.98 Å². The van der Waals surface area contributed by atoms with Crippen LogP contribution in [0.25, 0.3) is 11.3 Å². The van der Waals surface area contributed by atoms with Crippen molar-refractivity contribution in [2.75, 3.05) is 5.75 Å². The number of benzene rings is 1. The Balaban J connectivity index is 2.18. The highest BCUT2D eigenvalue weighted by atomic mass is 32.2. The molecule has 0 saturated carbocycles. The fraction of sp³-hybridized carbons (Fsp3) is 0.0833. The van der Waals surface area contributed by atoms with E-state index in [1.165, 1.54) is 11.8 Å². The molecule has 0 unspecified atom stereocenters. The summed E-state index contributed by atoms with van der Waals surface area (Å²) < 4.78 is 0. The molecule has 3 heteroatoms. The van der Waals surface area contributed by atoms with E-state index in [2.05, 4.69) is 15.9 Å². The molecule has 2 aromatic rings. The van der Waals surface area contributed by atoms with E-state index < -0.39 is 0 Å². The average molecular weight is 214 g/mol. The van der Waals surface area contributed by atoms with Crippen LogP contribution in [-0.2, 0) is 0 Å². The SMILES string of the molecule is C#CCSc1ncc(-c2ccccc2)[nH]1. The van der Waals surface area contributed by atoms with Gasteiger partial charge in [0.05, 0.1) is 17.6 Å². The van der Waals surface area contributed by atoms with Crippen LogP contribution in [0.4, 0.5) is 0 Å². The summed E-state index contributed by atoms with van der Waals surface area (Å²) in [5, 5.41) is 0.867. The summed E-state index contributed by atoms with van der Waals surface area (Å²) in [4.78, 5) is 7.46. The molecule has 0 fully saturated rings. The van der Waals surface area contributed by atoms with E-state index in [0.717, 1.165) is 16.4 Å². The van der Waals surface area contributed by atoms with Gasteiger partial charge in [-0.2, -0.15) is 0 Å². The maximum atomic E-state index is 5.18. The summed E-state index contributed by atoms with van der Waals surface area (Å²) in [6, 6.07) is 10.1. The number of H-pyrrole nitrogens is 1. The highest BCUT2D eigenvalue weighted by molar-refractivity contribution is 7.99. The normalized spacial score (nSPS) is 9.80. The van der Waals surface area contributed by atoms with Gasteiger partial charge in [-0.15, -0.1) is 6.42 Å². The lowest BCUT2D eigenvalue weighted by Crippen LogP contribution is -1.78. The fourth-order valence-corrected chi connectivity index (χ4v) is 1.78. The Morgan fingerprint density at radius 3 is 2.87 bits per heavy atom. The maximum Gasteiger partial charge on any atom is 0.166 e. The zero-order valence-corrected chi connectivity index (χ0v) is 8.92. The second-order valence-electron chi connectivity index (χ2n) is 2.96. The molecule has 1 aromatic heterocycles. The number of hydrogen-bond donors (Lipinski definition) is 1. The van der Waals surface area contributed by atoms with Crippen LogP contribution in [0.2, 0.25) is 0 Å². The van der Waals surface area contributed by atoms with Crippen molar-refractivity contribution >= 4 is 11.8 Å². The maximum absolute atomic E-state index is 5.18. The van der Waals surface area contributed by atoms with Gasteiger partial charge in [-0.3, -0.25) is 0 Å². The average Bonchev–Trinajstić information content (AvgIpc) is 2.76. The van der Waals surface area contributed by atoms with Crippen molar-refractivity contribution in [2.24, 2.45) is 0 Å². The third-order valence-electron chi connectivity index (χ3n) is 1.93. The number of thioether (sulfide) groups is 1. The van der Waals surface area contributed by atoms with Gasteiger partial charge in [0.2, 0.25) is 0 Å². The van der Waals surface area contributed by atoms with Gasteiger partial charge in [0.25, 0.3) is 0 Å². The Morgan fingerprint density at radius 1 is 1.33 bits per heavy atom. The predicted octanol–water partition coefficient (Wildman–Crippen LogP) is 2.80. The lowest BCUT2D eigenvalue weighted by molar-refractivity contribution is 1.06. The van der Waals surface area contributed by atoms with Gasteiger partial charge in [-0.25, -0.2) is 4.98 Å². The lowest BCUT2D eigenvalue weighted by atomic mass is 10.2. The first-order valence-electron chi connectivity index (χ1n) is 4.57.